The molecule has 0 heterocycles. The molecule has 0 spiro atoms. The summed E-state index contributed by atoms with van der Waals surface area (Å²) in [6.07, 6.45) is 14.5. The molecule has 0 bridgehead atoms. The van der Waals surface area contributed by atoms with E-state index < -0.39 is 18.1 Å². The summed E-state index contributed by atoms with van der Waals surface area (Å²) in [5.41, 5.74) is 4.60. The van der Waals surface area contributed by atoms with Crippen LogP contribution >= 0.6 is 0 Å². The summed E-state index contributed by atoms with van der Waals surface area (Å²) >= 11 is 0. The van der Waals surface area contributed by atoms with Gasteiger partial charge in [0.15, 0.2) is 0 Å². The van der Waals surface area contributed by atoms with Crippen molar-refractivity contribution in [3.05, 3.63) is 59.7 Å². The van der Waals surface area contributed by atoms with Gasteiger partial charge in [-0.3, -0.25) is 0 Å². The van der Waals surface area contributed by atoms with Crippen LogP contribution in [-0.4, -0.2) is 29.8 Å². The maximum absolute atomic E-state index is 12.5. The standard InChI is InChI=1S/C31H43NO4/c1-2-3-4-5-6-7-8-9-10-11-12-13-22-29(30(33)34)32-31(35)36-23-28-26-20-16-14-18-24(26)25-19-15-17-21-27(25)28/h14-21,28-29H,2-13,22-23H2,1H3,(H,32,35)(H,33,34). The van der Waals surface area contributed by atoms with Crippen LogP contribution in [0, 0.1) is 0 Å². The molecule has 2 aromatic rings. The van der Waals surface area contributed by atoms with Crippen molar-refractivity contribution in [3.8, 4) is 11.1 Å². The highest BCUT2D eigenvalue weighted by Gasteiger charge is 2.29. The van der Waals surface area contributed by atoms with Crippen LogP contribution in [0.5, 0.6) is 0 Å². The fraction of sp³-hybridized carbons (Fsp3) is 0.548. The second kappa shape index (κ2) is 15.3. The van der Waals surface area contributed by atoms with Gasteiger partial charge in [0.2, 0.25) is 0 Å². The van der Waals surface area contributed by atoms with Crippen LogP contribution in [0.4, 0.5) is 4.79 Å². The van der Waals surface area contributed by atoms with Gasteiger partial charge in [0.1, 0.15) is 12.6 Å². The van der Waals surface area contributed by atoms with Crippen LogP contribution in [0.3, 0.4) is 0 Å². The van der Waals surface area contributed by atoms with Crippen molar-refractivity contribution in [2.24, 2.45) is 0 Å². The lowest BCUT2D eigenvalue weighted by atomic mass is 9.98. The van der Waals surface area contributed by atoms with Gasteiger partial charge in [0, 0.05) is 5.92 Å². The molecule has 3 rings (SSSR count). The molecule has 0 saturated carbocycles. The zero-order valence-corrected chi connectivity index (χ0v) is 21.8. The number of carboxylic acids is 1. The minimum Gasteiger partial charge on any atom is -0.480 e. The normalized spacial score (nSPS) is 13.1. The van der Waals surface area contributed by atoms with E-state index >= 15 is 0 Å². The maximum atomic E-state index is 12.5. The number of carbonyl (C=O) groups excluding carboxylic acids is 1. The molecule has 5 nitrogen and oxygen atoms in total. The molecular weight excluding hydrogens is 450 g/mol. The average Bonchev–Trinajstić information content (AvgIpc) is 3.21. The Balaban J connectivity index is 1.33. The predicted octanol–water partition coefficient (Wildman–Crippen LogP) is 8.07. The Morgan fingerprint density at radius 3 is 1.75 bits per heavy atom. The van der Waals surface area contributed by atoms with Crippen molar-refractivity contribution < 1.29 is 19.4 Å². The third-order valence-electron chi connectivity index (χ3n) is 7.28. The molecule has 0 saturated heterocycles. The molecule has 196 valence electrons. The molecule has 0 radical (unpaired) electrons. The number of hydrogen-bond donors (Lipinski definition) is 2. The van der Waals surface area contributed by atoms with Crippen molar-refractivity contribution in [1.82, 2.24) is 5.32 Å². The molecule has 2 N–H and O–H groups in total. The molecule has 0 fully saturated rings. The van der Waals surface area contributed by atoms with E-state index in [1.807, 2.05) is 24.3 Å². The Hall–Kier alpha value is -2.82. The first-order chi connectivity index (χ1) is 17.6. The van der Waals surface area contributed by atoms with Crippen molar-refractivity contribution >= 4 is 12.1 Å². The molecule has 2 aromatic carbocycles. The van der Waals surface area contributed by atoms with Gasteiger partial charge in [-0.1, -0.05) is 133 Å². The summed E-state index contributed by atoms with van der Waals surface area (Å²) in [6, 6.07) is 15.4. The molecule has 1 amide bonds. The van der Waals surface area contributed by atoms with E-state index in [0.717, 1.165) is 41.5 Å². The van der Waals surface area contributed by atoms with Gasteiger partial charge in [-0.2, -0.15) is 0 Å². The minimum absolute atomic E-state index is 0.0391. The monoisotopic (exact) mass is 493 g/mol. The zero-order chi connectivity index (χ0) is 25.6. The van der Waals surface area contributed by atoms with E-state index in [4.69, 9.17) is 4.74 Å². The summed E-state index contributed by atoms with van der Waals surface area (Å²) < 4.78 is 5.52. The number of hydrogen-bond acceptors (Lipinski definition) is 3. The molecule has 1 unspecified atom stereocenters. The van der Waals surface area contributed by atoms with Crippen molar-refractivity contribution in [2.45, 2.75) is 102 Å². The summed E-state index contributed by atoms with van der Waals surface area (Å²) in [6.45, 7) is 2.43. The van der Waals surface area contributed by atoms with Crippen molar-refractivity contribution in [2.75, 3.05) is 6.61 Å². The number of carbonyl (C=O) groups is 2. The number of alkyl carbamates (subject to hydrolysis) is 1. The summed E-state index contributed by atoms with van der Waals surface area (Å²) in [5, 5.41) is 12.1. The number of fused-ring (bicyclic) bond motifs is 3. The second-order valence-corrected chi connectivity index (χ2v) is 10.0. The Kier molecular flexibility index (Phi) is 11.8. The van der Waals surface area contributed by atoms with Crippen molar-refractivity contribution in [1.29, 1.82) is 0 Å². The molecule has 1 atom stereocenters. The van der Waals surface area contributed by atoms with Crippen LogP contribution in [0.2, 0.25) is 0 Å². The van der Waals surface area contributed by atoms with E-state index in [1.54, 1.807) is 0 Å². The highest BCUT2D eigenvalue weighted by Crippen LogP contribution is 2.44. The van der Waals surface area contributed by atoms with Crippen LogP contribution in [0.1, 0.15) is 107 Å². The fourth-order valence-corrected chi connectivity index (χ4v) is 5.23. The molecule has 1 aliphatic carbocycles. The smallest absolute Gasteiger partial charge is 0.407 e. The third-order valence-corrected chi connectivity index (χ3v) is 7.28. The quantitative estimate of drug-likeness (QED) is 0.218. The summed E-state index contributed by atoms with van der Waals surface area (Å²) in [4.78, 5) is 24.1. The Morgan fingerprint density at radius 2 is 1.25 bits per heavy atom. The lowest BCUT2D eigenvalue weighted by Crippen LogP contribution is -2.41. The number of benzene rings is 2. The van der Waals surface area contributed by atoms with Crippen LogP contribution < -0.4 is 5.32 Å². The highest BCUT2D eigenvalue weighted by atomic mass is 16.5. The van der Waals surface area contributed by atoms with Gasteiger partial charge in [-0.25, -0.2) is 9.59 Å². The van der Waals surface area contributed by atoms with Gasteiger partial charge in [-0.05, 0) is 28.7 Å². The Bertz CT molecular complexity index is 912. The van der Waals surface area contributed by atoms with Gasteiger partial charge in [-0.15, -0.1) is 0 Å². The first kappa shape index (κ1) is 27.8. The topological polar surface area (TPSA) is 75.6 Å². The Morgan fingerprint density at radius 1 is 0.778 bits per heavy atom. The fourth-order valence-electron chi connectivity index (χ4n) is 5.23. The first-order valence-corrected chi connectivity index (χ1v) is 14.0. The van der Waals surface area contributed by atoms with Gasteiger partial charge in [0.05, 0.1) is 0 Å². The minimum atomic E-state index is -1.01. The molecule has 0 aliphatic heterocycles. The number of aliphatic carboxylic acids is 1. The number of carboxylic acid groups (broad SMARTS) is 1. The Labute approximate surface area is 216 Å². The van der Waals surface area contributed by atoms with Crippen LogP contribution in [0.15, 0.2) is 48.5 Å². The highest BCUT2D eigenvalue weighted by molar-refractivity contribution is 5.81. The number of unbranched alkanes of at least 4 members (excludes halogenated alkanes) is 11. The second-order valence-electron chi connectivity index (χ2n) is 10.0. The number of ether oxygens (including phenoxy) is 1. The van der Waals surface area contributed by atoms with Crippen LogP contribution in [0.25, 0.3) is 11.1 Å². The van der Waals surface area contributed by atoms with Crippen LogP contribution in [-0.2, 0) is 9.53 Å². The van der Waals surface area contributed by atoms with Crippen molar-refractivity contribution in [3.63, 3.8) is 0 Å². The van der Waals surface area contributed by atoms with E-state index in [9.17, 15) is 14.7 Å². The third kappa shape index (κ3) is 8.39. The molecule has 1 aliphatic rings. The SMILES string of the molecule is CCCCCCCCCCCCCCC(NC(=O)OCC1c2ccccc2-c2ccccc21)C(=O)O. The summed E-state index contributed by atoms with van der Waals surface area (Å²) in [7, 11) is 0. The van der Waals surface area contributed by atoms with Gasteiger partial charge < -0.3 is 15.2 Å². The molecular formula is C31H43NO4. The average molecular weight is 494 g/mol. The maximum Gasteiger partial charge on any atom is 0.407 e. The molecule has 36 heavy (non-hydrogen) atoms. The van der Waals surface area contributed by atoms with E-state index in [0.29, 0.717) is 6.42 Å². The lowest BCUT2D eigenvalue weighted by molar-refractivity contribution is -0.139. The first-order valence-electron chi connectivity index (χ1n) is 14.0. The van der Waals surface area contributed by atoms with E-state index in [-0.39, 0.29) is 12.5 Å². The predicted molar refractivity (Wildman–Crippen MR) is 145 cm³/mol. The van der Waals surface area contributed by atoms with E-state index in [2.05, 4.69) is 36.5 Å². The van der Waals surface area contributed by atoms with Gasteiger partial charge >= 0.3 is 12.1 Å². The molecule has 0 aromatic heterocycles. The largest absolute Gasteiger partial charge is 0.480 e. The number of rotatable bonds is 17. The molecule has 5 heteroatoms. The lowest BCUT2D eigenvalue weighted by Gasteiger charge is -2.17. The van der Waals surface area contributed by atoms with E-state index in [1.165, 1.54) is 57.8 Å². The van der Waals surface area contributed by atoms with Gasteiger partial charge in [0.25, 0.3) is 0 Å². The number of nitrogens with one attached hydrogen (secondary N) is 1. The zero-order valence-electron chi connectivity index (χ0n) is 21.8. The summed E-state index contributed by atoms with van der Waals surface area (Å²) in [5.74, 6) is -1.05. The number of amides is 1.